The van der Waals surface area contributed by atoms with Crippen molar-refractivity contribution in [2.75, 3.05) is 5.32 Å². The molecular weight excluding hydrogens is 402 g/mol. The number of hydrogen-bond donors (Lipinski definition) is 1. The fraction of sp³-hybridized carbons (Fsp3) is 0.381. The lowest BCUT2D eigenvalue weighted by molar-refractivity contribution is -0.120. The molecule has 1 aromatic carbocycles. The van der Waals surface area contributed by atoms with Gasteiger partial charge in [-0.25, -0.2) is 9.67 Å². The summed E-state index contributed by atoms with van der Waals surface area (Å²) in [5.41, 5.74) is -0.380. The van der Waals surface area contributed by atoms with E-state index >= 15 is 0 Å². The quantitative estimate of drug-likeness (QED) is 0.615. The number of amides is 1. The van der Waals surface area contributed by atoms with Gasteiger partial charge in [0.15, 0.2) is 5.75 Å². The largest absolute Gasteiger partial charge is 0.455 e. The third kappa shape index (κ3) is 4.91. The normalized spacial score (nSPS) is 15.1. The second kappa shape index (κ2) is 9.17. The lowest BCUT2D eigenvalue weighted by Crippen LogP contribution is -2.35. The summed E-state index contributed by atoms with van der Waals surface area (Å²) in [6.45, 7) is 1.76. The van der Waals surface area contributed by atoms with E-state index in [1.165, 1.54) is 16.9 Å². The first-order chi connectivity index (χ1) is 14.6. The number of anilines is 1. The topological polar surface area (TPSA) is 99.0 Å². The van der Waals surface area contributed by atoms with Gasteiger partial charge in [0.05, 0.1) is 6.20 Å². The molecule has 4 rings (SSSR count). The van der Waals surface area contributed by atoms with Crippen LogP contribution in [0.25, 0.3) is 0 Å². The molecule has 1 saturated carbocycles. The van der Waals surface area contributed by atoms with E-state index in [2.05, 4.69) is 19.8 Å². The van der Waals surface area contributed by atoms with Crippen molar-refractivity contribution in [2.24, 2.45) is 5.92 Å². The molecule has 8 nitrogen and oxygen atoms in total. The predicted molar refractivity (Wildman–Crippen MR) is 114 cm³/mol. The summed E-state index contributed by atoms with van der Waals surface area (Å²) in [6.07, 6.45) is 6.46. The lowest BCUT2D eigenvalue weighted by atomic mass is 9.98. The summed E-state index contributed by atoms with van der Waals surface area (Å²) in [4.78, 5) is 30.0. The molecule has 9 heteroatoms. The van der Waals surface area contributed by atoms with E-state index in [-0.39, 0.29) is 11.5 Å². The van der Waals surface area contributed by atoms with E-state index in [0.29, 0.717) is 34.8 Å². The summed E-state index contributed by atoms with van der Waals surface area (Å²) in [5.74, 6) is 1.64. The van der Waals surface area contributed by atoms with Gasteiger partial charge in [-0.3, -0.25) is 14.9 Å². The number of nitrogens with zero attached hydrogens (tertiary/aromatic N) is 4. The van der Waals surface area contributed by atoms with Crippen molar-refractivity contribution in [1.29, 1.82) is 0 Å². The van der Waals surface area contributed by atoms with Crippen molar-refractivity contribution in [3.63, 3.8) is 0 Å². The number of nitrogens with one attached hydrogen (secondary N) is 1. The van der Waals surface area contributed by atoms with Gasteiger partial charge in [0.1, 0.15) is 17.6 Å². The molecule has 0 saturated heterocycles. The second-order valence-electron chi connectivity index (χ2n) is 7.43. The number of benzene rings is 1. The van der Waals surface area contributed by atoms with Gasteiger partial charge in [0.2, 0.25) is 5.13 Å². The first kappa shape index (κ1) is 20.2. The van der Waals surface area contributed by atoms with Gasteiger partial charge in [-0.05, 0) is 31.4 Å². The molecule has 1 atom stereocenters. The Hall–Kier alpha value is -3.07. The number of ether oxygens (including phenoxy) is 1. The maximum absolute atomic E-state index is 13.0. The predicted octanol–water partition coefficient (Wildman–Crippen LogP) is 3.96. The number of para-hydroxylation sites is 1. The Morgan fingerprint density at radius 1 is 1.27 bits per heavy atom. The molecule has 1 aliphatic carbocycles. The van der Waals surface area contributed by atoms with Gasteiger partial charge in [-0.2, -0.15) is 9.47 Å². The second-order valence-corrected chi connectivity index (χ2v) is 8.18. The van der Waals surface area contributed by atoms with Gasteiger partial charge < -0.3 is 4.74 Å². The zero-order valence-electron chi connectivity index (χ0n) is 16.7. The molecule has 30 heavy (non-hydrogen) atoms. The van der Waals surface area contributed by atoms with Crippen LogP contribution >= 0.6 is 11.5 Å². The molecule has 1 unspecified atom stereocenters. The number of aryl methyl sites for hydroxylation is 1. The third-order valence-electron chi connectivity index (χ3n) is 5.17. The molecule has 156 valence electrons. The molecule has 1 fully saturated rings. The van der Waals surface area contributed by atoms with E-state index < -0.39 is 6.04 Å². The highest BCUT2D eigenvalue weighted by atomic mass is 32.1. The summed E-state index contributed by atoms with van der Waals surface area (Å²) in [7, 11) is 0. The highest BCUT2D eigenvalue weighted by molar-refractivity contribution is 7.09. The van der Waals surface area contributed by atoms with Gasteiger partial charge in [-0.15, -0.1) is 0 Å². The van der Waals surface area contributed by atoms with Crippen LogP contribution in [0.3, 0.4) is 0 Å². The van der Waals surface area contributed by atoms with Crippen LogP contribution in [0, 0.1) is 12.8 Å². The van der Waals surface area contributed by atoms with Gasteiger partial charge in [0, 0.05) is 17.6 Å². The van der Waals surface area contributed by atoms with Crippen LogP contribution in [-0.2, 0) is 4.79 Å². The summed E-state index contributed by atoms with van der Waals surface area (Å²) in [5, 5.41) is 7.48. The Balaban J connectivity index is 1.57. The molecule has 2 aromatic heterocycles. The number of rotatable bonds is 7. The van der Waals surface area contributed by atoms with Crippen molar-refractivity contribution in [2.45, 2.75) is 45.1 Å². The summed E-state index contributed by atoms with van der Waals surface area (Å²) in [6, 6.07) is 9.83. The van der Waals surface area contributed by atoms with Crippen LogP contribution < -0.4 is 15.6 Å². The number of carbonyl (C=O) groups is 1. The molecule has 2 heterocycles. The standard InChI is InChI=1S/C21H23N5O3S/c1-14-23-21(30-25-14)24-20(28)18(11-15-7-5-6-8-15)26-19(27)12-17(13-22-26)29-16-9-3-2-4-10-16/h2-4,9-10,12-13,15,18H,5-8,11H2,1H3,(H,23,24,25,28). The Labute approximate surface area is 178 Å². The summed E-state index contributed by atoms with van der Waals surface area (Å²) < 4.78 is 11.0. The van der Waals surface area contributed by atoms with Gasteiger partial charge in [0.25, 0.3) is 11.5 Å². The van der Waals surface area contributed by atoms with Crippen LogP contribution in [0.15, 0.2) is 47.4 Å². The Kier molecular flexibility index (Phi) is 6.18. The van der Waals surface area contributed by atoms with E-state index in [4.69, 9.17) is 4.74 Å². The van der Waals surface area contributed by atoms with Crippen LogP contribution in [0.4, 0.5) is 5.13 Å². The number of hydrogen-bond acceptors (Lipinski definition) is 7. The molecule has 1 N–H and O–H groups in total. The van der Waals surface area contributed by atoms with Crippen LogP contribution in [0.5, 0.6) is 11.5 Å². The van der Waals surface area contributed by atoms with E-state index in [9.17, 15) is 9.59 Å². The maximum Gasteiger partial charge on any atom is 0.271 e. The van der Waals surface area contributed by atoms with E-state index in [1.54, 1.807) is 19.1 Å². The summed E-state index contributed by atoms with van der Waals surface area (Å²) >= 11 is 1.12. The van der Waals surface area contributed by atoms with Crippen molar-refractivity contribution in [1.82, 2.24) is 19.1 Å². The van der Waals surface area contributed by atoms with Crippen molar-refractivity contribution < 1.29 is 9.53 Å². The minimum Gasteiger partial charge on any atom is -0.455 e. The molecule has 1 aliphatic rings. The molecule has 0 radical (unpaired) electrons. The van der Waals surface area contributed by atoms with Crippen LogP contribution in [-0.4, -0.2) is 25.0 Å². The average molecular weight is 426 g/mol. The average Bonchev–Trinajstić information content (AvgIpc) is 3.39. The highest BCUT2D eigenvalue weighted by Gasteiger charge is 2.29. The number of carbonyl (C=O) groups excluding carboxylic acids is 1. The molecule has 0 aliphatic heterocycles. The molecule has 0 bridgehead atoms. The third-order valence-corrected chi connectivity index (χ3v) is 5.89. The molecule has 1 amide bonds. The van der Waals surface area contributed by atoms with Crippen molar-refractivity contribution >= 4 is 22.6 Å². The lowest BCUT2D eigenvalue weighted by Gasteiger charge is -2.20. The van der Waals surface area contributed by atoms with E-state index in [1.807, 2.05) is 18.2 Å². The zero-order chi connectivity index (χ0) is 20.9. The molecule has 3 aromatic rings. The van der Waals surface area contributed by atoms with Crippen molar-refractivity contribution in [3.8, 4) is 11.5 Å². The van der Waals surface area contributed by atoms with Crippen LogP contribution in [0.2, 0.25) is 0 Å². The Morgan fingerprint density at radius 2 is 2.03 bits per heavy atom. The van der Waals surface area contributed by atoms with Gasteiger partial charge in [-0.1, -0.05) is 43.9 Å². The van der Waals surface area contributed by atoms with Gasteiger partial charge >= 0.3 is 0 Å². The highest BCUT2D eigenvalue weighted by Crippen LogP contribution is 2.32. The smallest absolute Gasteiger partial charge is 0.271 e. The first-order valence-corrected chi connectivity index (χ1v) is 10.8. The Bertz CT molecular complexity index is 1060. The monoisotopic (exact) mass is 425 g/mol. The first-order valence-electron chi connectivity index (χ1n) is 10.0. The maximum atomic E-state index is 13.0. The fourth-order valence-electron chi connectivity index (χ4n) is 3.73. The number of aromatic nitrogens is 4. The van der Waals surface area contributed by atoms with Crippen molar-refractivity contribution in [3.05, 3.63) is 58.8 Å². The van der Waals surface area contributed by atoms with E-state index in [0.717, 1.165) is 37.2 Å². The SMILES string of the molecule is Cc1nsc(NC(=O)C(CC2CCCC2)n2ncc(Oc3ccccc3)cc2=O)n1. The minimum absolute atomic E-state index is 0.302. The zero-order valence-corrected chi connectivity index (χ0v) is 17.5. The minimum atomic E-state index is -0.712. The molecule has 0 spiro atoms. The van der Waals surface area contributed by atoms with Crippen LogP contribution in [0.1, 0.15) is 44.0 Å². The fourth-order valence-corrected chi connectivity index (χ4v) is 4.31. The molecular formula is C21H23N5O3S. The Morgan fingerprint density at radius 3 is 2.70 bits per heavy atom.